The molecule has 1 aliphatic heterocycles. The molecule has 2 aliphatic rings. The molecule has 0 bridgehead atoms. The van der Waals surface area contributed by atoms with Gasteiger partial charge >= 0.3 is 5.97 Å². The summed E-state index contributed by atoms with van der Waals surface area (Å²) in [6.07, 6.45) is 4.98. The molecule has 2 aromatic rings. The number of hydrogen-bond donors (Lipinski definition) is 1. The van der Waals surface area contributed by atoms with E-state index in [4.69, 9.17) is 4.74 Å². The van der Waals surface area contributed by atoms with Gasteiger partial charge in [-0.25, -0.2) is 4.79 Å². The molecule has 1 aliphatic carbocycles. The predicted octanol–water partition coefficient (Wildman–Crippen LogP) is 3.73. The Morgan fingerprint density at radius 2 is 1.77 bits per heavy atom. The van der Waals surface area contributed by atoms with Gasteiger partial charge in [-0.3, -0.25) is 14.3 Å². The van der Waals surface area contributed by atoms with Crippen LogP contribution in [0.4, 0.5) is 0 Å². The van der Waals surface area contributed by atoms with Crippen LogP contribution in [0.5, 0.6) is 0 Å². The largest absolute Gasteiger partial charge is 0.461 e. The highest BCUT2D eigenvalue weighted by molar-refractivity contribution is 6.01. The number of aromatic nitrogens is 2. The predicted molar refractivity (Wildman–Crippen MR) is 132 cm³/mol. The molecular formula is C27H36N4O4. The quantitative estimate of drug-likeness (QED) is 0.610. The van der Waals surface area contributed by atoms with E-state index in [9.17, 15) is 14.4 Å². The number of benzene rings is 1. The third kappa shape index (κ3) is 5.11. The number of nitrogens with zero attached hydrogens (tertiary/aromatic N) is 3. The molecule has 1 aromatic heterocycles. The number of carbonyl (C=O) groups excluding carboxylic acids is 3. The highest BCUT2D eigenvalue weighted by Crippen LogP contribution is 2.31. The van der Waals surface area contributed by atoms with Crippen molar-refractivity contribution in [3.05, 3.63) is 52.8 Å². The number of amides is 2. The molecule has 0 saturated heterocycles. The zero-order chi connectivity index (χ0) is 25.2. The van der Waals surface area contributed by atoms with Gasteiger partial charge in [-0.15, -0.1) is 0 Å². The fourth-order valence-corrected chi connectivity index (χ4v) is 5.00. The number of ether oxygens (including phenoxy) is 1. The first-order valence-electron chi connectivity index (χ1n) is 12.7. The van der Waals surface area contributed by atoms with Crippen molar-refractivity contribution in [3.8, 4) is 0 Å². The minimum Gasteiger partial charge on any atom is -0.461 e. The zero-order valence-electron chi connectivity index (χ0n) is 21.2. The van der Waals surface area contributed by atoms with E-state index >= 15 is 0 Å². The van der Waals surface area contributed by atoms with Gasteiger partial charge in [-0.2, -0.15) is 5.10 Å². The van der Waals surface area contributed by atoms with Crippen molar-refractivity contribution in [1.29, 1.82) is 0 Å². The van der Waals surface area contributed by atoms with Gasteiger partial charge in [0.1, 0.15) is 11.2 Å². The lowest BCUT2D eigenvalue weighted by Gasteiger charge is -2.44. The second kappa shape index (κ2) is 10.2. The van der Waals surface area contributed by atoms with Crippen LogP contribution in [0.1, 0.15) is 85.5 Å². The van der Waals surface area contributed by atoms with Crippen LogP contribution in [0.3, 0.4) is 0 Å². The molecule has 8 heteroatoms. The highest BCUT2D eigenvalue weighted by Gasteiger charge is 2.48. The van der Waals surface area contributed by atoms with Gasteiger partial charge in [0.25, 0.3) is 5.91 Å². The minimum absolute atomic E-state index is 0.0772. The number of hydrogen-bond acceptors (Lipinski definition) is 5. The molecule has 1 fully saturated rings. The van der Waals surface area contributed by atoms with Gasteiger partial charge in [0.05, 0.1) is 13.2 Å². The summed E-state index contributed by atoms with van der Waals surface area (Å²) in [7, 11) is 0. The average molecular weight is 481 g/mol. The summed E-state index contributed by atoms with van der Waals surface area (Å²) in [5, 5.41) is 7.55. The topological polar surface area (TPSA) is 93.5 Å². The van der Waals surface area contributed by atoms with Gasteiger partial charge in [0, 0.05) is 18.7 Å². The Morgan fingerprint density at radius 1 is 1.11 bits per heavy atom. The average Bonchev–Trinajstić information content (AvgIpc) is 3.28. The molecule has 188 valence electrons. The van der Waals surface area contributed by atoms with E-state index in [0.29, 0.717) is 5.92 Å². The molecule has 2 amide bonds. The first-order valence-corrected chi connectivity index (χ1v) is 12.7. The molecule has 8 nitrogen and oxygen atoms in total. The first-order chi connectivity index (χ1) is 16.7. The number of rotatable bonds is 7. The maximum atomic E-state index is 13.7. The Balaban J connectivity index is 1.65. The molecule has 1 aromatic carbocycles. The summed E-state index contributed by atoms with van der Waals surface area (Å²) in [5.74, 6) is -0.417. The number of carbonyl (C=O) groups is 3. The van der Waals surface area contributed by atoms with E-state index in [2.05, 4.69) is 24.3 Å². The Bertz CT molecular complexity index is 1090. The molecule has 2 heterocycles. The van der Waals surface area contributed by atoms with Crippen LogP contribution >= 0.6 is 0 Å². The molecule has 0 spiro atoms. The van der Waals surface area contributed by atoms with Crippen molar-refractivity contribution in [2.75, 3.05) is 6.61 Å². The fourth-order valence-electron chi connectivity index (χ4n) is 5.00. The molecule has 0 unspecified atom stereocenters. The summed E-state index contributed by atoms with van der Waals surface area (Å²) in [6.45, 7) is 8.52. The second-order valence-corrected chi connectivity index (χ2v) is 10.1. The minimum atomic E-state index is -1.16. The van der Waals surface area contributed by atoms with E-state index in [0.717, 1.165) is 37.7 Å². The van der Waals surface area contributed by atoms with Crippen molar-refractivity contribution in [2.24, 2.45) is 5.92 Å². The molecule has 1 N–H and O–H groups in total. The van der Waals surface area contributed by atoms with Crippen molar-refractivity contribution < 1.29 is 19.1 Å². The van der Waals surface area contributed by atoms with E-state index in [1.807, 2.05) is 24.3 Å². The van der Waals surface area contributed by atoms with Crippen LogP contribution in [0.2, 0.25) is 0 Å². The summed E-state index contributed by atoms with van der Waals surface area (Å²) in [4.78, 5) is 41.4. The number of esters is 1. The molecular weight excluding hydrogens is 444 g/mol. The van der Waals surface area contributed by atoms with Gasteiger partial charge < -0.3 is 15.0 Å². The van der Waals surface area contributed by atoms with Gasteiger partial charge in [-0.1, -0.05) is 38.1 Å². The van der Waals surface area contributed by atoms with E-state index < -0.39 is 11.5 Å². The fraction of sp³-hybridized carbons (Fsp3) is 0.556. The zero-order valence-corrected chi connectivity index (χ0v) is 21.2. The van der Waals surface area contributed by atoms with Crippen LogP contribution in [0, 0.1) is 5.92 Å². The molecule has 1 saturated carbocycles. The third-order valence-corrected chi connectivity index (χ3v) is 7.39. The Labute approximate surface area is 207 Å². The van der Waals surface area contributed by atoms with Gasteiger partial charge in [0.15, 0.2) is 5.69 Å². The van der Waals surface area contributed by atoms with E-state index in [-0.39, 0.29) is 48.9 Å². The SMILES string of the molecule is CCOC(=O)c1cc2n(n1)C[C@@](C)(C(=O)NC1CCC(C)CC1)N(Cc1ccc(CC)cc1)C2=O. The summed E-state index contributed by atoms with van der Waals surface area (Å²) >= 11 is 0. The van der Waals surface area contributed by atoms with Crippen LogP contribution in [0.25, 0.3) is 0 Å². The standard InChI is InChI=1S/C27H36N4O4/c1-5-19-9-11-20(12-10-19)16-30-24(32)23-15-22(25(33)35-6-2)29-31(23)17-27(30,4)26(34)28-21-13-7-18(3)8-14-21/h9-12,15,18,21H,5-8,13-14,16-17H2,1-4H3,(H,28,34)/t18?,21?,27-/m0/s1. The molecule has 4 rings (SSSR count). The van der Waals surface area contributed by atoms with E-state index in [1.54, 1.807) is 18.7 Å². The van der Waals surface area contributed by atoms with Crippen LogP contribution < -0.4 is 5.32 Å². The second-order valence-electron chi connectivity index (χ2n) is 10.1. The Hall–Kier alpha value is -3.16. The highest BCUT2D eigenvalue weighted by atomic mass is 16.5. The molecule has 35 heavy (non-hydrogen) atoms. The Morgan fingerprint density at radius 3 is 2.40 bits per heavy atom. The monoisotopic (exact) mass is 480 g/mol. The van der Waals surface area contributed by atoms with E-state index in [1.165, 1.54) is 16.3 Å². The van der Waals surface area contributed by atoms with Gasteiger partial charge in [-0.05, 0) is 63.0 Å². The Kier molecular flexibility index (Phi) is 7.28. The third-order valence-electron chi connectivity index (χ3n) is 7.39. The van der Waals surface area contributed by atoms with Crippen LogP contribution in [0.15, 0.2) is 30.3 Å². The molecule has 0 radical (unpaired) electrons. The first kappa shape index (κ1) is 24.9. The van der Waals surface area contributed by atoms with Crippen molar-refractivity contribution in [3.63, 3.8) is 0 Å². The maximum Gasteiger partial charge on any atom is 0.358 e. The lowest BCUT2D eigenvalue weighted by molar-refractivity contribution is -0.134. The lowest BCUT2D eigenvalue weighted by Crippen LogP contribution is -2.64. The lowest BCUT2D eigenvalue weighted by atomic mass is 9.86. The van der Waals surface area contributed by atoms with Crippen LogP contribution in [-0.2, 0) is 29.0 Å². The van der Waals surface area contributed by atoms with Crippen molar-refractivity contribution in [2.45, 2.75) is 84.5 Å². The maximum absolute atomic E-state index is 13.7. The smallest absolute Gasteiger partial charge is 0.358 e. The number of fused-ring (bicyclic) bond motifs is 1. The summed E-state index contributed by atoms with van der Waals surface area (Å²) < 4.78 is 6.55. The van der Waals surface area contributed by atoms with Crippen molar-refractivity contribution >= 4 is 17.8 Å². The van der Waals surface area contributed by atoms with Gasteiger partial charge in [0.2, 0.25) is 5.91 Å². The summed E-state index contributed by atoms with van der Waals surface area (Å²) in [6, 6.07) is 9.67. The molecule has 1 atom stereocenters. The summed E-state index contributed by atoms with van der Waals surface area (Å²) in [5.41, 5.74) is 1.36. The van der Waals surface area contributed by atoms with Crippen molar-refractivity contribution in [1.82, 2.24) is 20.0 Å². The number of aryl methyl sites for hydroxylation is 1. The number of nitrogens with one attached hydrogen (secondary N) is 1. The normalized spacial score (nSPS) is 24.1. The van der Waals surface area contributed by atoms with Crippen LogP contribution in [-0.4, -0.2) is 50.7 Å².